The van der Waals surface area contributed by atoms with E-state index in [1.165, 1.54) is 20.5 Å². The topological polar surface area (TPSA) is 29.9 Å². The minimum atomic E-state index is 0.681. The summed E-state index contributed by atoms with van der Waals surface area (Å²) in [7, 11) is 0. The molecule has 5 heteroatoms. The van der Waals surface area contributed by atoms with Gasteiger partial charge >= 0.3 is 0 Å². The molecule has 21 heavy (non-hydrogen) atoms. The number of thiophene rings is 1. The van der Waals surface area contributed by atoms with E-state index in [1.807, 2.05) is 22.2 Å². The number of nitrogens with one attached hydrogen (secondary N) is 1. The lowest BCUT2D eigenvalue weighted by atomic mass is 10.1. The van der Waals surface area contributed by atoms with Gasteiger partial charge in [-0.2, -0.15) is 5.10 Å². The minimum absolute atomic E-state index is 0.681. The van der Waals surface area contributed by atoms with Gasteiger partial charge in [-0.05, 0) is 30.0 Å². The molecule has 0 spiro atoms. The first-order chi connectivity index (χ1) is 10.3. The van der Waals surface area contributed by atoms with E-state index in [0.717, 1.165) is 26.1 Å². The van der Waals surface area contributed by atoms with Crippen LogP contribution in [0.3, 0.4) is 0 Å². The summed E-state index contributed by atoms with van der Waals surface area (Å²) < 4.78 is 3.24. The summed E-state index contributed by atoms with van der Waals surface area (Å²) in [6.07, 6.45) is 4.71. The van der Waals surface area contributed by atoms with Gasteiger partial charge in [0.1, 0.15) is 0 Å². The van der Waals surface area contributed by atoms with Crippen LogP contribution in [0.25, 0.3) is 10.1 Å². The van der Waals surface area contributed by atoms with Crippen LogP contribution in [0.1, 0.15) is 23.8 Å². The first-order valence-corrected chi connectivity index (χ1v) is 8.35. The van der Waals surface area contributed by atoms with Gasteiger partial charge in [0.25, 0.3) is 0 Å². The van der Waals surface area contributed by atoms with Crippen molar-refractivity contribution in [1.82, 2.24) is 15.1 Å². The van der Waals surface area contributed by atoms with Gasteiger partial charge in [-0.1, -0.05) is 36.7 Å². The van der Waals surface area contributed by atoms with Gasteiger partial charge in [-0.15, -0.1) is 11.3 Å². The Morgan fingerprint density at radius 2 is 2.19 bits per heavy atom. The second-order valence-corrected chi connectivity index (χ2v) is 6.61. The Balaban J connectivity index is 1.94. The molecule has 0 saturated heterocycles. The molecule has 3 aromatic rings. The van der Waals surface area contributed by atoms with Crippen LogP contribution in [-0.4, -0.2) is 16.3 Å². The third kappa shape index (κ3) is 3.28. The van der Waals surface area contributed by atoms with E-state index in [2.05, 4.69) is 41.6 Å². The first kappa shape index (κ1) is 14.6. The standard InChI is InChI=1S/C16H18ClN3S/c1-2-7-18-9-16-14(11-20-10-12(17)8-19-20)13-5-3-4-6-15(13)21-16/h3-6,8,10,18H,2,7,9,11H2,1H3. The Morgan fingerprint density at radius 1 is 1.33 bits per heavy atom. The second kappa shape index (κ2) is 6.60. The molecule has 110 valence electrons. The van der Waals surface area contributed by atoms with Crippen molar-refractivity contribution in [2.75, 3.05) is 6.54 Å². The highest BCUT2D eigenvalue weighted by Gasteiger charge is 2.12. The minimum Gasteiger partial charge on any atom is -0.312 e. The van der Waals surface area contributed by atoms with Crippen LogP contribution in [0.2, 0.25) is 5.02 Å². The lowest BCUT2D eigenvalue weighted by molar-refractivity contribution is 0.659. The van der Waals surface area contributed by atoms with Gasteiger partial charge in [-0.3, -0.25) is 4.68 Å². The lowest BCUT2D eigenvalue weighted by Gasteiger charge is -2.06. The Labute approximate surface area is 133 Å². The van der Waals surface area contributed by atoms with E-state index < -0.39 is 0 Å². The summed E-state index contributed by atoms with van der Waals surface area (Å²) in [5.74, 6) is 0. The summed E-state index contributed by atoms with van der Waals surface area (Å²) in [6.45, 7) is 4.91. The molecule has 0 fully saturated rings. The van der Waals surface area contributed by atoms with Crippen molar-refractivity contribution >= 4 is 33.0 Å². The summed E-state index contributed by atoms with van der Waals surface area (Å²) in [6, 6.07) is 8.56. The zero-order chi connectivity index (χ0) is 14.7. The Bertz CT molecular complexity index is 732. The molecule has 0 aliphatic rings. The van der Waals surface area contributed by atoms with Crippen molar-refractivity contribution in [1.29, 1.82) is 0 Å². The molecule has 0 bridgehead atoms. The average Bonchev–Trinajstić information content (AvgIpc) is 3.05. The average molecular weight is 320 g/mol. The predicted molar refractivity (Wildman–Crippen MR) is 90.2 cm³/mol. The van der Waals surface area contributed by atoms with Crippen LogP contribution in [-0.2, 0) is 13.1 Å². The smallest absolute Gasteiger partial charge is 0.0785 e. The maximum Gasteiger partial charge on any atom is 0.0785 e. The van der Waals surface area contributed by atoms with Gasteiger partial charge in [-0.25, -0.2) is 0 Å². The third-order valence-corrected chi connectivity index (χ3v) is 4.82. The first-order valence-electron chi connectivity index (χ1n) is 7.16. The Morgan fingerprint density at radius 3 is 2.95 bits per heavy atom. The Hall–Kier alpha value is -1.36. The molecular weight excluding hydrogens is 302 g/mol. The van der Waals surface area contributed by atoms with Crippen molar-refractivity contribution in [3.63, 3.8) is 0 Å². The van der Waals surface area contributed by atoms with Crippen LogP contribution in [0.5, 0.6) is 0 Å². The largest absolute Gasteiger partial charge is 0.312 e. The number of hydrogen-bond acceptors (Lipinski definition) is 3. The van der Waals surface area contributed by atoms with Crippen LogP contribution < -0.4 is 5.32 Å². The van der Waals surface area contributed by atoms with Gasteiger partial charge in [0, 0.05) is 22.3 Å². The lowest BCUT2D eigenvalue weighted by Crippen LogP contribution is -2.14. The second-order valence-electron chi connectivity index (χ2n) is 5.03. The molecule has 1 N–H and O–H groups in total. The van der Waals surface area contributed by atoms with Crippen molar-refractivity contribution in [2.24, 2.45) is 0 Å². The van der Waals surface area contributed by atoms with E-state index in [0.29, 0.717) is 5.02 Å². The number of benzene rings is 1. The molecule has 2 heterocycles. The molecule has 3 rings (SSSR count). The molecule has 0 amide bonds. The monoisotopic (exact) mass is 319 g/mol. The maximum absolute atomic E-state index is 5.97. The number of nitrogens with zero attached hydrogens (tertiary/aromatic N) is 2. The predicted octanol–water partition coefficient (Wildman–Crippen LogP) is 4.30. The third-order valence-electron chi connectivity index (χ3n) is 3.42. The van der Waals surface area contributed by atoms with Crippen molar-refractivity contribution < 1.29 is 0 Å². The number of rotatable bonds is 6. The molecule has 0 radical (unpaired) electrons. The number of fused-ring (bicyclic) bond motifs is 1. The van der Waals surface area contributed by atoms with Gasteiger partial charge in [0.2, 0.25) is 0 Å². The van der Waals surface area contributed by atoms with E-state index in [-0.39, 0.29) is 0 Å². The highest BCUT2D eigenvalue weighted by molar-refractivity contribution is 7.19. The maximum atomic E-state index is 5.97. The molecule has 0 saturated carbocycles. The highest BCUT2D eigenvalue weighted by atomic mass is 35.5. The van der Waals surface area contributed by atoms with Gasteiger partial charge in [0.15, 0.2) is 0 Å². The number of aromatic nitrogens is 2. The number of halogens is 1. The zero-order valence-electron chi connectivity index (χ0n) is 12.0. The van der Waals surface area contributed by atoms with E-state index in [4.69, 9.17) is 11.6 Å². The van der Waals surface area contributed by atoms with Crippen molar-refractivity contribution in [3.8, 4) is 0 Å². The summed E-state index contributed by atoms with van der Waals surface area (Å²) in [5.41, 5.74) is 1.35. The molecule has 0 aliphatic heterocycles. The summed E-state index contributed by atoms with van der Waals surface area (Å²) >= 11 is 7.83. The van der Waals surface area contributed by atoms with Crippen LogP contribution in [0.15, 0.2) is 36.7 Å². The normalized spacial score (nSPS) is 11.3. The zero-order valence-corrected chi connectivity index (χ0v) is 13.5. The molecule has 0 aliphatic carbocycles. The molecular formula is C16H18ClN3S. The fourth-order valence-corrected chi connectivity index (χ4v) is 3.77. The molecule has 1 aromatic carbocycles. The van der Waals surface area contributed by atoms with Crippen molar-refractivity contribution in [3.05, 3.63) is 52.1 Å². The molecule has 2 aromatic heterocycles. The summed E-state index contributed by atoms with van der Waals surface area (Å²) in [5, 5.41) is 9.80. The van der Waals surface area contributed by atoms with E-state index in [1.54, 1.807) is 6.20 Å². The van der Waals surface area contributed by atoms with E-state index >= 15 is 0 Å². The van der Waals surface area contributed by atoms with Crippen molar-refractivity contribution in [2.45, 2.75) is 26.4 Å². The number of hydrogen-bond donors (Lipinski definition) is 1. The van der Waals surface area contributed by atoms with Crippen LogP contribution in [0, 0.1) is 0 Å². The van der Waals surface area contributed by atoms with Crippen LogP contribution >= 0.6 is 22.9 Å². The molecule has 0 unspecified atom stereocenters. The fraction of sp³-hybridized carbons (Fsp3) is 0.312. The van der Waals surface area contributed by atoms with E-state index in [9.17, 15) is 0 Å². The Kier molecular flexibility index (Phi) is 4.58. The fourth-order valence-electron chi connectivity index (χ4n) is 2.43. The SMILES string of the molecule is CCCNCc1sc2ccccc2c1Cn1cc(Cl)cn1. The van der Waals surface area contributed by atoms with Gasteiger partial charge < -0.3 is 5.32 Å². The van der Waals surface area contributed by atoms with Crippen LogP contribution in [0.4, 0.5) is 0 Å². The highest BCUT2D eigenvalue weighted by Crippen LogP contribution is 2.32. The molecule has 3 nitrogen and oxygen atoms in total. The summed E-state index contributed by atoms with van der Waals surface area (Å²) in [4.78, 5) is 1.39. The quantitative estimate of drug-likeness (QED) is 0.686. The molecule has 0 atom stereocenters. The van der Waals surface area contributed by atoms with Gasteiger partial charge in [0.05, 0.1) is 17.8 Å².